The van der Waals surface area contributed by atoms with Gasteiger partial charge in [0, 0.05) is 18.8 Å². The number of aliphatic carboxylic acids is 1. The number of fused-ring (bicyclic) bond motifs is 1. The van der Waals surface area contributed by atoms with Crippen molar-refractivity contribution < 1.29 is 32.6 Å². The van der Waals surface area contributed by atoms with Crippen LogP contribution in [0.15, 0.2) is 48.8 Å². The average Bonchev–Trinajstić information content (AvgIpc) is 3.41. The summed E-state index contributed by atoms with van der Waals surface area (Å²) in [6.07, 6.45) is 0.294. The molecule has 1 saturated heterocycles. The van der Waals surface area contributed by atoms with Crippen molar-refractivity contribution in [2.75, 3.05) is 13.2 Å². The third-order valence-electron chi connectivity index (χ3n) is 5.76. The molecule has 0 saturated carbocycles. The van der Waals surface area contributed by atoms with Gasteiger partial charge in [-0.2, -0.15) is 18.3 Å². The maximum atomic E-state index is 12.7. The van der Waals surface area contributed by atoms with E-state index in [9.17, 15) is 18.0 Å². The van der Waals surface area contributed by atoms with E-state index in [1.807, 2.05) is 19.1 Å². The lowest BCUT2D eigenvalue weighted by Gasteiger charge is -2.34. The van der Waals surface area contributed by atoms with Crippen LogP contribution in [-0.2, 0) is 16.1 Å². The summed E-state index contributed by atoms with van der Waals surface area (Å²) in [4.78, 5) is 28.3. The molecule has 2 aromatic heterocycles. The lowest BCUT2D eigenvalue weighted by atomic mass is 9.99. The molecule has 1 aromatic carbocycles. The topological polar surface area (TPSA) is 97.0 Å². The van der Waals surface area contributed by atoms with Crippen molar-refractivity contribution in [2.24, 2.45) is 0 Å². The Morgan fingerprint density at radius 3 is 2.53 bits per heavy atom. The molecule has 1 unspecified atom stereocenters. The van der Waals surface area contributed by atoms with Gasteiger partial charge in [0.25, 0.3) is 0 Å². The molecular formula is C23H25F3N4O4. The van der Waals surface area contributed by atoms with Crippen LogP contribution in [0.25, 0.3) is 5.65 Å². The Morgan fingerprint density at radius 1 is 1.21 bits per heavy atom. The summed E-state index contributed by atoms with van der Waals surface area (Å²) in [6.45, 7) is 6.29. The third kappa shape index (κ3) is 5.90. The first-order valence-electron chi connectivity index (χ1n) is 10.6. The molecule has 182 valence electrons. The quantitative estimate of drug-likeness (QED) is 0.556. The van der Waals surface area contributed by atoms with Crippen LogP contribution in [0.4, 0.5) is 13.2 Å². The van der Waals surface area contributed by atoms with Gasteiger partial charge in [-0.15, -0.1) is 0 Å². The molecule has 3 heterocycles. The lowest BCUT2D eigenvalue weighted by Crippen LogP contribution is -2.45. The second-order valence-electron chi connectivity index (χ2n) is 8.25. The molecule has 34 heavy (non-hydrogen) atoms. The minimum absolute atomic E-state index is 0.150. The number of halogens is 3. The van der Waals surface area contributed by atoms with E-state index >= 15 is 0 Å². The number of aryl methyl sites for hydroxylation is 1. The van der Waals surface area contributed by atoms with E-state index in [1.165, 1.54) is 5.56 Å². The summed E-state index contributed by atoms with van der Waals surface area (Å²) >= 11 is 0. The van der Waals surface area contributed by atoms with Crippen LogP contribution in [0.5, 0.6) is 0 Å². The number of nitrogens with zero attached hydrogens (tertiary/aromatic N) is 4. The zero-order chi connectivity index (χ0) is 24.9. The number of aromatic nitrogens is 3. The number of alkyl halides is 3. The number of ether oxygens (including phenoxy) is 1. The van der Waals surface area contributed by atoms with Gasteiger partial charge in [-0.3, -0.25) is 4.90 Å². The summed E-state index contributed by atoms with van der Waals surface area (Å²) in [6, 6.07) is 12.2. The number of benzene rings is 1. The van der Waals surface area contributed by atoms with Gasteiger partial charge in [0.05, 0.1) is 23.0 Å². The minimum atomic E-state index is -5.08. The highest BCUT2D eigenvalue weighted by Crippen LogP contribution is 2.31. The van der Waals surface area contributed by atoms with Crippen molar-refractivity contribution in [3.8, 4) is 0 Å². The molecule has 3 aromatic rings. The molecular weight excluding hydrogens is 453 g/mol. The highest BCUT2D eigenvalue weighted by atomic mass is 19.4. The lowest BCUT2D eigenvalue weighted by molar-refractivity contribution is -0.192. The predicted molar refractivity (Wildman–Crippen MR) is 116 cm³/mol. The van der Waals surface area contributed by atoms with E-state index in [2.05, 4.69) is 46.2 Å². The summed E-state index contributed by atoms with van der Waals surface area (Å²) in [5.74, 6) is -3.10. The zero-order valence-electron chi connectivity index (χ0n) is 18.7. The molecule has 11 heteroatoms. The van der Waals surface area contributed by atoms with Crippen molar-refractivity contribution in [3.63, 3.8) is 0 Å². The Hall–Kier alpha value is -3.47. The van der Waals surface area contributed by atoms with Crippen LogP contribution in [0, 0.1) is 6.92 Å². The van der Waals surface area contributed by atoms with Gasteiger partial charge in [-0.05, 0) is 38.8 Å². The number of hydrogen-bond donors (Lipinski definition) is 1. The fraction of sp³-hybridized carbons (Fsp3) is 0.391. The highest BCUT2D eigenvalue weighted by Gasteiger charge is 2.39. The Bertz CT molecular complexity index is 1150. The van der Waals surface area contributed by atoms with E-state index in [0.717, 1.165) is 37.3 Å². The van der Waals surface area contributed by atoms with Gasteiger partial charge in [-0.25, -0.2) is 19.1 Å². The highest BCUT2D eigenvalue weighted by molar-refractivity contribution is 5.90. The van der Waals surface area contributed by atoms with Crippen molar-refractivity contribution in [2.45, 2.75) is 44.9 Å². The number of carbonyl (C=O) groups is 2. The number of likely N-dealkylation sites (tertiary alicyclic amines) is 1. The molecule has 0 aliphatic carbocycles. The van der Waals surface area contributed by atoms with Crippen molar-refractivity contribution in [1.29, 1.82) is 0 Å². The van der Waals surface area contributed by atoms with Gasteiger partial charge in [0.15, 0.2) is 5.65 Å². The number of carboxylic acid groups (broad SMARTS) is 1. The first kappa shape index (κ1) is 25.2. The smallest absolute Gasteiger partial charge is 0.475 e. The van der Waals surface area contributed by atoms with Gasteiger partial charge in [0.2, 0.25) is 0 Å². The van der Waals surface area contributed by atoms with Crippen molar-refractivity contribution >= 4 is 17.6 Å². The monoisotopic (exact) mass is 478 g/mol. The standard InChI is InChI=1S/C21H24N4O2.C2HF3O2/c1-16-18(13-22-19-9-11-23-25(16)19)20(26)27-15-21(2)10-6-12-24(21)14-17-7-4-3-5-8-17;3-2(4,5)1(6)7/h3-5,7-9,11,13H,6,10,12,14-15H2,1-2H3;(H,6,7). The molecule has 4 rings (SSSR count). The van der Waals surface area contributed by atoms with Gasteiger partial charge < -0.3 is 9.84 Å². The summed E-state index contributed by atoms with van der Waals surface area (Å²) in [5, 5.41) is 11.3. The van der Waals surface area contributed by atoms with Crippen LogP contribution in [0.3, 0.4) is 0 Å². The average molecular weight is 478 g/mol. The number of carboxylic acids is 1. The largest absolute Gasteiger partial charge is 0.490 e. The van der Waals surface area contributed by atoms with Crippen molar-refractivity contribution in [1.82, 2.24) is 19.5 Å². The second kappa shape index (κ2) is 10.2. The Balaban J connectivity index is 0.000000406. The number of rotatable bonds is 5. The van der Waals surface area contributed by atoms with E-state index in [-0.39, 0.29) is 11.5 Å². The number of hydrogen-bond acceptors (Lipinski definition) is 6. The molecule has 8 nitrogen and oxygen atoms in total. The van der Waals surface area contributed by atoms with Crippen molar-refractivity contribution in [3.05, 3.63) is 65.6 Å². The Kier molecular flexibility index (Phi) is 7.55. The Labute approximate surface area is 194 Å². The molecule has 1 aliphatic heterocycles. The fourth-order valence-electron chi connectivity index (χ4n) is 3.81. The predicted octanol–water partition coefficient (Wildman–Crippen LogP) is 3.88. The van der Waals surface area contributed by atoms with Gasteiger partial charge in [0.1, 0.15) is 6.61 Å². The van der Waals surface area contributed by atoms with Crippen LogP contribution in [-0.4, -0.2) is 61.4 Å². The molecule has 0 amide bonds. The molecule has 1 fully saturated rings. The fourth-order valence-corrected chi connectivity index (χ4v) is 3.81. The van der Waals surface area contributed by atoms with Crippen LogP contribution in [0.1, 0.15) is 41.4 Å². The first-order valence-corrected chi connectivity index (χ1v) is 10.6. The third-order valence-corrected chi connectivity index (χ3v) is 5.76. The zero-order valence-corrected chi connectivity index (χ0v) is 18.7. The number of carbonyl (C=O) groups excluding carboxylic acids is 1. The SMILES string of the molecule is Cc1c(C(=O)OCC2(C)CCCN2Cc2ccccc2)cnc2ccnn12.O=C(O)C(F)(F)F. The normalized spacial score (nSPS) is 18.4. The first-order chi connectivity index (χ1) is 16.0. The van der Waals surface area contributed by atoms with Crippen LogP contribution in [0.2, 0.25) is 0 Å². The van der Waals surface area contributed by atoms with Gasteiger partial charge >= 0.3 is 18.1 Å². The molecule has 0 radical (unpaired) electrons. The molecule has 0 spiro atoms. The van der Waals surface area contributed by atoms with E-state index in [1.54, 1.807) is 16.9 Å². The summed E-state index contributed by atoms with van der Waals surface area (Å²) < 4.78 is 39.1. The van der Waals surface area contributed by atoms with E-state index in [0.29, 0.717) is 12.2 Å². The molecule has 1 atom stereocenters. The summed E-state index contributed by atoms with van der Waals surface area (Å²) in [7, 11) is 0. The maximum Gasteiger partial charge on any atom is 0.490 e. The van der Waals surface area contributed by atoms with E-state index < -0.39 is 12.1 Å². The maximum absolute atomic E-state index is 12.7. The van der Waals surface area contributed by atoms with Crippen LogP contribution < -0.4 is 0 Å². The van der Waals surface area contributed by atoms with Gasteiger partial charge in [-0.1, -0.05) is 30.3 Å². The molecule has 0 bridgehead atoms. The second-order valence-corrected chi connectivity index (χ2v) is 8.25. The summed E-state index contributed by atoms with van der Waals surface area (Å²) in [5.41, 5.74) is 3.06. The molecule has 1 aliphatic rings. The molecule has 1 N–H and O–H groups in total. The number of esters is 1. The van der Waals surface area contributed by atoms with E-state index in [4.69, 9.17) is 14.6 Å². The minimum Gasteiger partial charge on any atom is -0.475 e. The van der Waals surface area contributed by atoms with Crippen LogP contribution >= 0.6 is 0 Å². The Morgan fingerprint density at radius 2 is 1.88 bits per heavy atom.